The third-order valence-electron chi connectivity index (χ3n) is 1.79. The molecule has 0 unspecified atom stereocenters. The highest BCUT2D eigenvalue weighted by Crippen LogP contribution is 2.29. The molecule has 3 nitrogen and oxygen atoms in total. The molecule has 2 rings (SSSR count). The van der Waals surface area contributed by atoms with Crippen LogP contribution >= 0.6 is 0 Å². The van der Waals surface area contributed by atoms with E-state index in [1.807, 2.05) is 6.07 Å². The van der Waals surface area contributed by atoms with Crippen LogP contribution in [0, 0.1) is 4.91 Å². The van der Waals surface area contributed by atoms with Crippen LogP contribution in [0.2, 0.25) is 0 Å². The van der Waals surface area contributed by atoms with Crippen LogP contribution in [0.5, 0.6) is 5.75 Å². The first-order chi connectivity index (χ1) is 5.40. The molecule has 3 heteroatoms. The second-order valence-electron chi connectivity index (χ2n) is 2.48. The number of nitroso groups, excluding NO2 is 1. The fourth-order valence-corrected chi connectivity index (χ4v) is 1.21. The maximum atomic E-state index is 10.1. The quantitative estimate of drug-likeness (QED) is 0.573. The van der Waals surface area contributed by atoms with Gasteiger partial charge >= 0.3 is 0 Å². The highest BCUT2D eigenvalue weighted by Gasteiger charge is 2.11. The minimum absolute atomic E-state index is 0.436. The van der Waals surface area contributed by atoms with Crippen LogP contribution < -0.4 is 4.74 Å². The van der Waals surface area contributed by atoms with Crippen LogP contribution in [0.25, 0.3) is 0 Å². The minimum Gasteiger partial charge on any atom is -0.493 e. The first kappa shape index (κ1) is 6.34. The fourth-order valence-electron chi connectivity index (χ4n) is 1.21. The zero-order valence-electron chi connectivity index (χ0n) is 5.91. The van der Waals surface area contributed by atoms with E-state index in [4.69, 9.17) is 4.74 Å². The van der Waals surface area contributed by atoms with E-state index in [0.29, 0.717) is 5.69 Å². The third kappa shape index (κ3) is 0.981. The van der Waals surface area contributed by atoms with Gasteiger partial charge in [-0.2, -0.15) is 0 Å². The first-order valence-electron chi connectivity index (χ1n) is 3.49. The van der Waals surface area contributed by atoms with Crippen LogP contribution in [0.1, 0.15) is 5.56 Å². The molecule has 1 aromatic carbocycles. The van der Waals surface area contributed by atoms with Crippen LogP contribution in [0.15, 0.2) is 23.4 Å². The molecule has 0 bridgehead atoms. The van der Waals surface area contributed by atoms with Crippen molar-refractivity contribution in [3.05, 3.63) is 28.7 Å². The van der Waals surface area contributed by atoms with Gasteiger partial charge in [0.15, 0.2) is 0 Å². The number of rotatable bonds is 1. The van der Waals surface area contributed by atoms with E-state index in [-0.39, 0.29) is 0 Å². The number of benzene rings is 1. The van der Waals surface area contributed by atoms with Crippen molar-refractivity contribution >= 4 is 5.69 Å². The summed E-state index contributed by atoms with van der Waals surface area (Å²) in [6, 6.07) is 5.27. The van der Waals surface area contributed by atoms with Crippen LogP contribution in [0.3, 0.4) is 0 Å². The summed E-state index contributed by atoms with van der Waals surface area (Å²) in [7, 11) is 0. The highest BCUT2D eigenvalue weighted by molar-refractivity contribution is 5.49. The van der Waals surface area contributed by atoms with Crippen molar-refractivity contribution in [2.45, 2.75) is 6.42 Å². The lowest BCUT2D eigenvalue weighted by Gasteiger charge is -1.96. The van der Waals surface area contributed by atoms with Crippen molar-refractivity contribution in [2.75, 3.05) is 6.61 Å². The molecular weight excluding hydrogens is 142 g/mol. The maximum Gasteiger partial charge on any atom is 0.124 e. The average Bonchev–Trinajstić information content (AvgIpc) is 2.50. The van der Waals surface area contributed by atoms with E-state index in [1.165, 1.54) is 0 Å². The Kier molecular flexibility index (Phi) is 1.35. The Morgan fingerprint density at radius 2 is 2.36 bits per heavy atom. The van der Waals surface area contributed by atoms with Gasteiger partial charge in [-0.15, -0.1) is 4.91 Å². The van der Waals surface area contributed by atoms with Gasteiger partial charge in [0.1, 0.15) is 11.4 Å². The smallest absolute Gasteiger partial charge is 0.124 e. The van der Waals surface area contributed by atoms with E-state index in [0.717, 1.165) is 24.3 Å². The number of hydrogen-bond acceptors (Lipinski definition) is 3. The molecule has 0 spiro atoms. The number of hydrogen-bond donors (Lipinski definition) is 0. The molecule has 0 amide bonds. The van der Waals surface area contributed by atoms with Gasteiger partial charge in [0, 0.05) is 12.5 Å². The summed E-state index contributed by atoms with van der Waals surface area (Å²) in [5.41, 5.74) is 1.60. The van der Waals surface area contributed by atoms with Crippen molar-refractivity contribution in [1.29, 1.82) is 0 Å². The van der Waals surface area contributed by atoms with E-state index in [9.17, 15) is 4.91 Å². The van der Waals surface area contributed by atoms with Crippen LogP contribution in [-0.4, -0.2) is 6.61 Å². The predicted octanol–water partition coefficient (Wildman–Crippen LogP) is 2.02. The summed E-state index contributed by atoms with van der Waals surface area (Å²) in [5, 5.41) is 2.82. The van der Waals surface area contributed by atoms with Crippen LogP contribution in [0.4, 0.5) is 5.69 Å². The van der Waals surface area contributed by atoms with Gasteiger partial charge in [-0.1, -0.05) is 6.07 Å². The monoisotopic (exact) mass is 149 g/mol. The Labute approximate surface area is 64.0 Å². The maximum absolute atomic E-state index is 10.1. The SMILES string of the molecule is O=Nc1ccc2c(c1)OCC2. The number of fused-ring (bicyclic) bond motifs is 1. The normalized spacial score (nSPS) is 13.8. The van der Waals surface area contributed by atoms with E-state index in [2.05, 4.69) is 5.18 Å². The molecule has 1 aliphatic rings. The van der Waals surface area contributed by atoms with Gasteiger partial charge in [-0.3, -0.25) is 0 Å². The molecule has 1 aliphatic heterocycles. The van der Waals surface area contributed by atoms with Crippen molar-refractivity contribution in [3.8, 4) is 5.75 Å². The molecule has 0 saturated heterocycles. The highest BCUT2D eigenvalue weighted by atomic mass is 16.5. The molecule has 1 aromatic rings. The lowest BCUT2D eigenvalue weighted by Crippen LogP contribution is -1.85. The topological polar surface area (TPSA) is 38.7 Å². The first-order valence-corrected chi connectivity index (χ1v) is 3.49. The lowest BCUT2D eigenvalue weighted by atomic mass is 10.1. The van der Waals surface area contributed by atoms with Gasteiger partial charge in [-0.25, -0.2) is 0 Å². The summed E-state index contributed by atoms with van der Waals surface area (Å²) >= 11 is 0. The largest absolute Gasteiger partial charge is 0.493 e. The summed E-state index contributed by atoms with van der Waals surface area (Å²) in [6.07, 6.45) is 0.939. The summed E-state index contributed by atoms with van der Waals surface area (Å²) in [5.74, 6) is 0.808. The van der Waals surface area contributed by atoms with Gasteiger partial charge < -0.3 is 4.74 Å². The Hall–Kier alpha value is -1.38. The molecule has 11 heavy (non-hydrogen) atoms. The van der Waals surface area contributed by atoms with Crippen molar-refractivity contribution < 1.29 is 4.74 Å². The lowest BCUT2D eigenvalue weighted by molar-refractivity contribution is 0.357. The Bertz CT molecular complexity index is 296. The zero-order valence-corrected chi connectivity index (χ0v) is 5.91. The second-order valence-corrected chi connectivity index (χ2v) is 2.48. The van der Waals surface area contributed by atoms with Crippen molar-refractivity contribution in [1.82, 2.24) is 0 Å². The molecule has 0 saturated carbocycles. The summed E-state index contributed by atoms with van der Waals surface area (Å²) in [6.45, 7) is 0.720. The Morgan fingerprint density at radius 1 is 1.45 bits per heavy atom. The summed E-state index contributed by atoms with van der Waals surface area (Å²) < 4.78 is 5.24. The number of nitrogens with zero attached hydrogens (tertiary/aromatic N) is 1. The second kappa shape index (κ2) is 2.34. The molecule has 0 atom stereocenters. The molecule has 0 radical (unpaired) electrons. The minimum atomic E-state index is 0.436. The van der Waals surface area contributed by atoms with E-state index >= 15 is 0 Å². The van der Waals surface area contributed by atoms with Gasteiger partial charge in [0.05, 0.1) is 6.61 Å². The van der Waals surface area contributed by atoms with Crippen LogP contribution in [-0.2, 0) is 6.42 Å². The summed E-state index contributed by atoms with van der Waals surface area (Å²) in [4.78, 5) is 10.1. The van der Waals surface area contributed by atoms with Gasteiger partial charge in [0.2, 0.25) is 0 Å². The standard InChI is InChI=1S/C8H7NO2/c10-9-7-2-1-6-3-4-11-8(6)5-7/h1-2,5H,3-4H2. The Morgan fingerprint density at radius 3 is 3.18 bits per heavy atom. The van der Waals surface area contributed by atoms with E-state index in [1.54, 1.807) is 12.1 Å². The molecule has 0 aromatic heterocycles. The van der Waals surface area contributed by atoms with Crippen molar-refractivity contribution in [3.63, 3.8) is 0 Å². The van der Waals surface area contributed by atoms with Gasteiger partial charge in [-0.05, 0) is 16.8 Å². The molecule has 0 N–H and O–H groups in total. The molecule has 0 aliphatic carbocycles. The molecule has 0 fully saturated rings. The molecule has 56 valence electrons. The van der Waals surface area contributed by atoms with Gasteiger partial charge in [0.25, 0.3) is 0 Å². The predicted molar refractivity (Wildman–Crippen MR) is 41.1 cm³/mol. The zero-order chi connectivity index (χ0) is 7.68. The number of ether oxygens (including phenoxy) is 1. The van der Waals surface area contributed by atoms with E-state index < -0.39 is 0 Å². The fraction of sp³-hybridized carbons (Fsp3) is 0.250. The molecule has 1 heterocycles. The average molecular weight is 149 g/mol. The molecular formula is C8H7NO2. The van der Waals surface area contributed by atoms with Crippen molar-refractivity contribution in [2.24, 2.45) is 5.18 Å². The Balaban J connectivity index is 2.48. The third-order valence-corrected chi connectivity index (χ3v) is 1.79.